The predicted molar refractivity (Wildman–Crippen MR) is 128 cm³/mol. The number of carbonyl (C=O) groups is 2. The fourth-order valence-corrected chi connectivity index (χ4v) is 5.67. The van der Waals surface area contributed by atoms with E-state index in [2.05, 4.69) is 0 Å². The molecule has 0 saturated carbocycles. The molecule has 3 N–H and O–H groups in total. The van der Waals surface area contributed by atoms with Crippen LogP contribution in [0.25, 0.3) is 0 Å². The summed E-state index contributed by atoms with van der Waals surface area (Å²) in [5, 5.41) is 10.8. The number of halogens is 1. The van der Waals surface area contributed by atoms with Crippen molar-refractivity contribution in [2.75, 3.05) is 29.6 Å². The number of anilines is 2. The van der Waals surface area contributed by atoms with E-state index in [-0.39, 0.29) is 48.2 Å². The molecule has 0 spiro atoms. The Labute approximate surface area is 200 Å². The first-order valence-electron chi connectivity index (χ1n) is 12.5. The third kappa shape index (κ3) is 5.46. The second kappa shape index (κ2) is 10.5. The van der Waals surface area contributed by atoms with Gasteiger partial charge >= 0.3 is 6.09 Å². The average Bonchev–Trinajstić information content (AvgIpc) is 3.08. The lowest BCUT2D eigenvalue weighted by Crippen LogP contribution is -2.49. The van der Waals surface area contributed by atoms with Gasteiger partial charge in [-0.1, -0.05) is 13.8 Å². The lowest BCUT2D eigenvalue weighted by atomic mass is 9.92. The van der Waals surface area contributed by atoms with Gasteiger partial charge in [0.05, 0.1) is 24.1 Å². The van der Waals surface area contributed by atoms with Crippen LogP contribution in [0.1, 0.15) is 58.8 Å². The number of benzene rings is 1. The van der Waals surface area contributed by atoms with Crippen molar-refractivity contribution in [3.05, 3.63) is 24.0 Å². The normalized spacial score (nSPS) is 26.6. The van der Waals surface area contributed by atoms with Crippen molar-refractivity contribution in [2.24, 2.45) is 17.7 Å². The lowest BCUT2D eigenvalue weighted by molar-refractivity contribution is -0.138. The molecule has 3 aliphatic rings. The van der Waals surface area contributed by atoms with Crippen LogP contribution in [-0.2, 0) is 9.53 Å². The van der Waals surface area contributed by atoms with Gasteiger partial charge in [-0.25, -0.2) is 20.0 Å². The topological polar surface area (TPSA) is 99.3 Å². The molecule has 1 aromatic carbocycles. The number of piperidine rings is 2. The summed E-state index contributed by atoms with van der Waals surface area (Å²) in [5.74, 6) is 5.86. The number of aliphatic hydroxyl groups is 1. The Morgan fingerprint density at radius 2 is 1.94 bits per heavy atom. The van der Waals surface area contributed by atoms with Crippen molar-refractivity contribution < 1.29 is 23.8 Å². The molecule has 3 unspecified atom stereocenters. The number of carbonyl (C=O) groups excluding carboxylic acids is 2. The molecule has 2 amide bonds. The summed E-state index contributed by atoms with van der Waals surface area (Å²) >= 11 is 0. The summed E-state index contributed by atoms with van der Waals surface area (Å²) < 4.78 is 20.1. The molecule has 1 aromatic rings. The maximum atomic E-state index is 15.0. The fraction of sp³-hybridized carbons (Fsp3) is 0.680. The predicted octanol–water partition coefficient (Wildman–Crippen LogP) is 3.42. The Hall–Kier alpha value is -2.39. The van der Waals surface area contributed by atoms with Gasteiger partial charge in [0.1, 0.15) is 5.82 Å². The number of rotatable bonds is 6. The van der Waals surface area contributed by atoms with E-state index in [9.17, 15) is 14.7 Å². The van der Waals surface area contributed by atoms with E-state index in [1.54, 1.807) is 12.1 Å². The summed E-state index contributed by atoms with van der Waals surface area (Å²) in [5.41, 5.74) is 0.674. The van der Waals surface area contributed by atoms with Crippen LogP contribution < -0.4 is 15.8 Å². The number of nitrogens with zero attached hydrogens (tertiary/aromatic N) is 3. The van der Waals surface area contributed by atoms with Crippen LogP contribution in [0.15, 0.2) is 18.2 Å². The Morgan fingerprint density at radius 1 is 1.24 bits per heavy atom. The van der Waals surface area contributed by atoms with Gasteiger partial charge in [0.25, 0.3) is 0 Å². The minimum atomic E-state index is -0.725. The molecule has 2 bridgehead atoms. The van der Waals surface area contributed by atoms with E-state index >= 15 is 4.39 Å². The van der Waals surface area contributed by atoms with E-state index in [0.29, 0.717) is 38.0 Å². The standard InChI is InChI=1S/C25H37FN4O4/c1-16(2)15-34-25(33)30(27)20-7-8-23(22(26)13-20)28-9-3-4-17(14-28)10-24(32)29-18-5-6-19(29)12-21(31)11-18/h7-8,13,16-19,21,31H,3-6,9-12,14-15,27H2,1-2H3. The Kier molecular flexibility index (Phi) is 7.62. The minimum absolute atomic E-state index is 0.156. The van der Waals surface area contributed by atoms with Crippen LogP contribution in [0.2, 0.25) is 0 Å². The first-order chi connectivity index (χ1) is 16.2. The van der Waals surface area contributed by atoms with Gasteiger partial charge in [0.15, 0.2) is 0 Å². The molecule has 3 fully saturated rings. The number of amides is 2. The quantitative estimate of drug-likeness (QED) is 0.371. The molecule has 8 nitrogen and oxygen atoms in total. The second-order valence-electron chi connectivity index (χ2n) is 10.4. The summed E-state index contributed by atoms with van der Waals surface area (Å²) in [6.07, 6.45) is 4.57. The highest BCUT2D eigenvalue weighted by molar-refractivity contribution is 5.86. The van der Waals surface area contributed by atoms with Crippen LogP contribution >= 0.6 is 0 Å². The minimum Gasteiger partial charge on any atom is -0.448 e. The van der Waals surface area contributed by atoms with Crippen molar-refractivity contribution in [3.63, 3.8) is 0 Å². The van der Waals surface area contributed by atoms with Gasteiger partial charge in [-0.15, -0.1) is 0 Å². The van der Waals surface area contributed by atoms with Crippen molar-refractivity contribution in [1.29, 1.82) is 0 Å². The number of hydrogen-bond donors (Lipinski definition) is 2. The molecule has 0 aliphatic carbocycles. The first kappa shape index (κ1) is 24.7. The van der Waals surface area contributed by atoms with Crippen LogP contribution in [0.5, 0.6) is 0 Å². The maximum Gasteiger partial charge on any atom is 0.428 e. The Bertz CT molecular complexity index is 884. The highest BCUT2D eigenvalue weighted by atomic mass is 19.1. The molecule has 3 aliphatic heterocycles. The maximum absolute atomic E-state index is 15.0. The van der Waals surface area contributed by atoms with Crippen LogP contribution in [0, 0.1) is 17.7 Å². The molecule has 0 aromatic heterocycles. The molecule has 3 atom stereocenters. The Morgan fingerprint density at radius 3 is 2.59 bits per heavy atom. The van der Waals surface area contributed by atoms with Gasteiger partial charge in [-0.05, 0) is 62.5 Å². The van der Waals surface area contributed by atoms with Gasteiger partial charge in [-0.2, -0.15) is 0 Å². The van der Waals surface area contributed by atoms with E-state index < -0.39 is 11.9 Å². The van der Waals surface area contributed by atoms with E-state index in [0.717, 1.165) is 30.7 Å². The van der Waals surface area contributed by atoms with Crippen molar-refractivity contribution in [1.82, 2.24) is 4.90 Å². The molecule has 3 saturated heterocycles. The van der Waals surface area contributed by atoms with E-state index in [1.165, 1.54) is 6.07 Å². The van der Waals surface area contributed by atoms with E-state index in [1.807, 2.05) is 23.6 Å². The number of hydrogen-bond acceptors (Lipinski definition) is 6. The number of hydrazine groups is 1. The lowest BCUT2D eigenvalue weighted by Gasteiger charge is -2.39. The molecule has 0 radical (unpaired) electrons. The first-order valence-corrected chi connectivity index (χ1v) is 12.5. The molecule has 9 heteroatoms. The number of fused-ring (bicyclic) bond motifs is 2. The number of aliphatic hydroxyl groups excluding tert-OH is 1. The molecule has 34 heavy (non-hydrogen) atoms. The van der Waals surface area contributed by atoms with Gasteiger partial charge in [-0.3, -0.25) is 4.79 Å². The van der Waals surface area contributed by atoms with E-state index in [4.69, 9.17) is 10.6 Å². The average molecular weight is 477 g/mol. The monoisotopic (exact) mass is 476 g/mol. The zero-order valence-corrected chi connectivity index (χ0v) is 20.2. The smallest absolute Gasteiger partial charge is 0.428 e. The van der Waals surface area contributed by atoms with Gasteiger partial charge in [0.2, 0.25) is 5.91 Å². The summed E-state index contributed by atoms with van der Waals surface area (Å²) in [7, 11) is 0. The number of ether oxygens (including phenoxy) is 1. The van der Waals surface area contributed by atoms with Crippen LogP contribution in [0.4, 0.5) is 20.6 Å². The van der Waals surface area contributed by atoms with Crippen LogP contribution in [0.3, 0.4) is 0 Å². The van der Waals surface area contributed by atoms with Crippen molar-refractivity contribution in [3.8, 4) is 0 Å². The molecule has 4 rings (SSSR count). The highest BCUT2D eigenvalue weighted by Crippen LogP contribution is 2.37. The Balaban J connectivity index is 1.36. The molecule has 188 valence electrons. The summed E-state index contributed by atoms with van der Waals surface area (Å²) in [6, 6.07) is 4.82. The van der Waals surface area contributed by atoms with Crippen molar-refractivity contribution >= 4 is 23.4 Å². The van der Waals surface area contributed by atoms with Crippen molar-refractivity contribution in [2.45, 2.75) is 77.0 Å². The third-order valence-corrected chi connectivity index (χ3v) is 7.27. The molecular formula is C25H37FN4O4. The van der Waals surface area contributed by atoms with Gasteiger partial charge < -0.3 is 19.6 Å². The molecular weight excluding hydrogens is 439 g/mol. The summed E-state index contributed by atoms with van der Waals surface area (Å²) in [4.78, 5) is 29.2. The zero-order valence-electron chi connectivity index (χ0n) is 20.2. The van der Waals surface area contributed by atoms with Gasteiger partial charge in [0, 0.05) is 37.7 Å². The molecule has 3 heterocycles. The third-order valence-electron chi connectivity index (χ3n) is 7.27. The zero-order chi connectivity index (χ0) is 24.4. The number of nitrogens with two attached hydrogens (primary N) is 1. The summed E-state index contributed by atoms with van der Waals surface area (Å²) in [6.45, 7) is 5.40. The highest BCUT2D eigenvalue weighted by Gasteiger charge is 2.43. The second-order valence-corrected chi connectivity index (χ2v) is 10.4. The fourth-order valence-electron chi connectivity index (χ4n) is 5.67. The SMILES string of the molecule is CC(C)COC(=O)N(N)c1ccc(N2CCCC(CC(=O)N3C4CCC3CC(O)C4)C2)c(F)c1. The van der Waals surface area contributed by atoms with Crippen LogP contribution in [-0.4, -0.2) is 59.9 Å². The largest absolute Gasteiger partial charge is 0.448 e.